The molecule has 0 aliphatic rings. The average molecular weight is 101 g/mol. The normalized spacial score (nSPS) is 6.00. The maximum absolute atomic E-state index is 9.12. The van der Waals surface area contributed by atoms with Crippen molar-refractivity contribution in [2.24, 2.45) is 4.99 Å². The van der Waals surface area contributed by atoms with E-state index in [0.29, 0.717) is 0 Å². The number of thiocarbonyl (C=S) groups is 1. The summed E-state index contributed by atoms with van der Waals surface area (Å²) in [6.45, 7) is 0. The summed E-state index contributed by atoms with van der Waals surface area (Å²) in [6.07, 6.45) is 1.11. The minimum Gasteiger partial charge on any atom is -0.272 e. The van der Waals surface area contributed by atoms with Gasteiger partial charge < -0.3 is 0 Å². The third kappa shape index (κ3) is 3.27. The van der Waals surface area contributed by atoms with Gasteiger partial charge in [0.25, 0.3) is 0 Å². The number of hydrogen-bond donors (Lipinski definition) is 0. The molecule has 6 heavy (non-hydrogen) atoms. The number of hydrogen-bond acceptors (Lipinski definition) is 2. The fourth-order valence-electron chi connectivity index (χ4n) is 0.0415. The van der Waals surface area contributed by atoms with Crippen molar-refractivity contribution >= 4 is 23.4 Å². The molecule has 1 N–H and O–H groups in total. The molecule has 0 aromatic rings. The highest BCUT2D eigenvalue weighted by atomic mass is 32.1. The Kier molecular flexibility index (Phi) is 2.20. The average Bonchev–Trinajstić information content (AvgIpc) is 1.35. The van der Waals surface area contributed by atoms with Gasteiger partial charge in [0.15, 0.2) is 0 Å². The molecule has 0 atom stereocenters. The van der Waals surface area contributed by atoms with E-state index in [2.05, 4.69) is 17.2 Å². The van der Waals surface area contributed by atoms with Crippen molar-refractivity contribution in [1.29, 1.82) is 0 Å². The van der Waals surface area contributed by atoms with Gasteiger partial charge in [-0.2, -0.15) is 0 Å². The van der Waals surface area contributed by atoms with Gasteiger partial charge in [-0.1, -0.05) is 0 Å². The number of nitrogens with zero attached hydrogens (tertiary/aromatic N) is 1. The summed E-state index contributed by atoms with van der Waals surface area (Å²) >= 11 is 4.03. The van der Waals surface area contributed by atoms with Crippen LogP contribution in [0, 0.1) is 0 Å². The molecule has 0 heterocycles. The number of aliphatic imine (C=N–C) groups is 1. The number of carbonyl (C=O) groups excluding carboxylic acids is 1. The van der Waals surface area contributed by atoms with Gasteiger partial charge in [-0.3, -0.25) is 5.73 Å². The molecule has 1 radical (unpaired) electrons. The summed E-state index contributed by atoms with van der Waals surface area (Å²) < 4.78 is 0. The highest BCUT2D eigenvalue weighted by Gasteiger charge is 1.71. The van der Waals surface area contributed by atoms with Crippen LogP contribution >= 0.6 is 12.2 Å². The van der Waals surface area contributed by atoms with Crippen LogP contribution in [0.25, 0.3) is 0 Å². The summed E-state index contributed by atoms with van der Waals surface area (Å²) in [4.78, 5) is 11.8. The van der Waals surface area contributed by atoms with Crippen LogP contribution in [-0.4, -0.2) is 11.2 Å². The molecule has 0 bridgehead atoms. The Balaban J connectivity index is 3.60. The molecule has 3 nitrogen and oxygen atoms in total. The zero-order valence-electron chi connectivity index (χ0n) is 2.76. The predicted octanol–water partition coefficient (Wildman–Crippen LogP) is -0.110. The first-order chi connectivity index (χ1) is 2.77. The molecule has 0 aliphatic carbocycles. The first kappa shape index (κ1) is 5.27. The first-order valence-electron chi connectivity index (χ1n) is 1.11. The Morgan fingerprint density at radius 1 is 2.00 bits per heavy atom. The molecule has 0 spiro atoms. The fraction of sp³-hybridized carbons (Fsp3) is 0. The standard InChI is InChI=1S/C2HN2OS/c3-2(6)4-1-5/h3H. The molecule has 31 valence electrons. The SMILES string of the molecule is [NH]C(=S)N=C=O. The third-order valence-corrected chi connectivity index (χ3v) is 0.238. The van der Waals surface area contributed by atoms with E-state index < -0.39 is 5.11 Å². The van der Waals surface area contributed by atoms with Crippen molar-refractivity contribution in [2.45, 2.75) is 0 Å². The Morgan fingerprint density at radius 2 is 2.50 bits per heavy atom. The number of rotatable bonds is 0. The van der Waals surface area contributed by atoms with Crippen LogP contribution in [-0.2, 0) is 4.79 Å². The largest absolute Gasteiger partial charge is 0.272 e. The van der Waals surface area contributed by atoms with Crippen molar-refractivity contribution in [2.75, 3.05) is 0 Å². The van der Waals surface area contributed by atoms with Gasteiger partial charge >= 0.3 is 0 Å². The molecule has 0 aromatic heterocycles. The highest BCUT2D eigenvalue weighted by Crippen LogP contribution is 1.61. The van der Waals surface area contributed by atoms with Gasteiger partial charge in [-0.05, 0) is 12.2 Å². The number of nitrogens with one attached hydrogen (secondary N) is 1. The lowest BCUT2D eigenvalue weighted by Crippen LogP contribution is -1.83. The molecule has 0 rings (SSSR count). The molecule has 0 saturated heterocycles. The van der Waals surface area contributed by atoms with E-state index in [0.717, 1.165) is 6.08 Å². The lowest BCUT2D eigenvalue weighted by molar-refractivity contribution is 0.566. The van der Waals surface area contributed by atoms with Gasteiger partial charge in [0.05, 0.1) is 0 Å². The van der Waals surface area contributed by atoms with Crippen LogP contribution in [0.2, 0.25) is 0 Å². The van der Waals surface area contributed by atoms with Gasteiger partial charge in [-0.15, -0.1) is 4.99 Å². The Hall–Kier alpha value is -0.730. The molecular formula is C2HN2OS. The van der Waals surface area contributed by atoms with Crippen molar-refractivity contribution < 1.29 is 4.79 Å². The lowest BCUT2D eigenvalue weighted by Gasteiger charge is -1.65. The van der Waals surface area contributed by atoms with E-state index >= 15 is 0 Å². The van der Waals surface area contributed by atoms with E-state index in [-0.39, 0.29) is 0 Å². The van der Waals surface area contributed by atoms with Gasteiger partial charge in [0, 0.05) is 0 Å². The second-order valence-corrected chi connectivity index (χ2v) is 0.895. The van der Waals surface area contributed by atoms with Crippen LogP contribution in [0.1, 0.15) is 0 Å². The zero-order chi connectivity index (χ0) is 4.99. The Bertz CT molecular complexity index is 104. The maximum Gasteiger partial charge on any atom is 0.242 e. The van der Waals surface area contributed by atoms with Gasteiger partial charge in [-0.25, -0.2) is 4.79 Å². The molecule has 0 unspecified atom stereocenters. The zero-order valence-corrected chi connectivity index (χ0v) is 3.58. The second kappa shape index (κ2) is 2.50. The maximum atomic E-state index is 9.12. The fourth-order valence-corrected chi connectivity index (χ4v) is 0.0787. The van der Waals surface area contributed by atoms with E-state index in [1.165, 1.54) is 0 Å². The number of isocyanates is 1. The minimum atomic E-state index is -0.426. The minimum absolute atomic E-state index is 0.426. The predicted molar refractivity (Wildman–Crippen MR) is 23.8 cm³/mol. The quantitative estimate of drug-likeness (QED) is 0.243. The van der Waals surface area contributed by atoms with E-state index in [1.807, 2.05) is 0 Å². The van der Waals surface area contributed by atoms with Crippen molar-refractivity contribution in [3.8, 4) is 0 Å². The molecule has 0 aromatic carbocycles. The van der Waals surface area contributed by atoms with E-state index in [1.54, 1.807) is 0 Å². The second-order valence-electron chi connectivity index (χ2n) is 0.508. The van der Waals surface area contributed by atoms with Crippen molar-refractivity contribution in [1.82, 2.24) is 5.73 Å². The third-order valence-electron chi connectivity index (χ3n) is 0.147. The molecular weight excluding hydrogens is 100 g/mol. The summed E-state index contributed by atoms with van der Waals surface area (Å²) in [5.41, 5.74) is 6.28. The summed E-state index contributed by atoms with van der Waals surface area (Å²) in [7, 11) is 0. The van der Waals surface area contributed by atoms with Crippen LogP contribution in [0.3, 0.4) is 0 Å². The molecule has 0 aliphatic heterocycles. The summed E-state index contributed by atoms with van der Waals surface area (Å²) in [5.74, 6) is 0. The Labute approximate surface area is 39.9 Å². The van der Waals surface area contributed by atoms with Gasteiger partial charge in [0.1, 0.15) is 0 Å². The van der Waals surface area contributed by atoms with E-state index in [4.69, 9.17) is 10.5 Å². The molecule has 4 heteroatoms. The monoisotopic (exact) mass is 101 g/mol. The molecule has 0 amide bonds. The summed E-state index contributed by atoms with van der Waals surface area (Å²) in [5, 5.41) is -0.426. The first-order valence-corrected chi connectivity index (χ1v) is 1.51. The van der Waals surface area contributed by atoms with Gasteiger partial charge in [0.2, 0.25) is 11.2 Å². The van der Waals surface area contributed by atoms with E-state index in [9.17, 15) is 0 Å². The van der Waals surface area contributed by atoms with Crippen molar-refractivity contribution in [3.05, 3.63) is 0 Å². The molecule has 0 saturated carbocycles. The van der Waals surface area contributed by atoms with Crippen LogP contribution in [0.4, 0.5) is 0 Å². The summed E-state index contributed by atoms with van der Waals surface area (Å²) in [6, 6.07) is 0. The van der Waals surface area contributed by atoms with Crippen LogP contribution in [0.15, 0.2) is 4.99 Å². The topological polar surface area (TPSA) is 53.2 Å². The van der Waals surface area contributed by atoms with Crippen LogP contribution < -0.4 is 5.73 Å². The highest BCUT2D eigenvalue weighted by molar-refractivity contribution is 7.80. The smallest absolute Gasteiger partial charge is 0.242 e. The Morgan fingerprint density at radius 3 is 2.50 bits per heavy atom. The molecule has 0 fully saturated rings. The van der Waals surface area contributed by atoms with Crippen LogP contribution in [0.5, 0.6) is 0 Å². The van der Waals surface area contributed by atoms with Crippen molar-refractivity contribution in [3.63, 3.8) is 0 Å². The lowest BCUT2D eigenvalue weighted by atomic mass is 11.2.